The van der Waals surface area contributed by atoms with Gasteiger partial charge in [0.2, 0.25) is 0 Å². The van der Waals surface area contributed by atoms with Crippen molar-refractivity contribution in [2.24, 2.45) is 23.7 Å². The minimum absolute atomic E-state index is 0.786. The first-order valence-corrected chi connectivity index (χ1v) is 10.4. The van der Waals surface area contributed by atoms with Gasteiger partial charge in [-0.2, -0.15) is 0 Å². The number of likely N-dealkylation sites (tertiary alicyclic amines) is 2. The van der Waals surface area contributed by atoms with Gasteiger partial charge in [0, 0.05) is 25.2 Å². The van der Waals surface area contributed by atoms with Gasteiger partial charge in [0.15, 0.2) is 0 Å². The highest BCUT2D eigenvalue weighted by Gasteiger charge is 2.34. The predicted octanol–water partition coefficient (Wildman–Crippen LogP) is 4.89. The Balaban J connectivity index is 1.78. The Labute approximate surface area is 146 Å². The Morgan fingerprint density at radius 2 is 1.57 bits per heavy atom. The zero-order chi connectivity index (χ0) is 17.0. The van der Waals surface area contributed by atoms with Gasteiger partial charge in [0.05, 0.1) is 0 Å². The van der Waals surface area contributed by atoms with Gasteiger partial charge in [-0.15, -0.1) is 0 Å². The molecule has 0 saturated carbocycles. The first-order valence-electron chi connectivity index (χ1n) is 10.4. The molecule has 23 heavy (non-hydrogen) atoms. The van der Waals surface area contributed by atoms with Crippen LogP contribution in [0.15, 0.2) is 0 Å². The van der Waals surface area contributed by atoms with Crippen LogP contribution < -0.4 is 0 Å². The Hall–Kier alpha value is -0.0800. The summed E-state index contributed by atoms with van der Waals surface area (Å²) in [4.78, 5) is 5.54. The van der Waals surface area contributed by atoms with Crippen LogP contribution in [0, 0.1) is 23.7 Å². The maximum Gasteiger partial charge on any atom is 0.0101 e. The Morgan fingerprint density at radius 1 is 0.870 bits per heavy atom. The summed E-state index contributed by atoms with van der Waals surface area (Å²) in [6, 6.07) is 1.64. The minimum Gasteiger partial charge on any atom is -0.300 e. The first-order chi connectivity index (χ1) is 10.9. The fourth-order valence-corrected chi connectivity index (χ4v) is 5.19. The van der Waals surface area contributed by atoms with E-state index in [-0.39, 0.29) is 0 Å². The summed E-state index contributed by atoms with van der Waals surface area (Å²) in [7, 11) is 0. The molecule has 0 aliphatic carbocycles. The number of nitrogens with zero attached hydrogens (tertiary/aromatic N) is 2. The molecular formula is C21H42N2. The smallest absolute Gasteiger partial charge is 0.0101 e. The van der Waals surface area contributed by atoms with E-state index in [1.165, 1.54) is 58.3 Å². The largest absolute Gasteiger partial charge is 0.300 e. The number of hydrogen-bond donors (Lipinski definition) is 0. The lowest BCUT2D eigenvalue weighted by Crippen LogP contribution is -2.33. The molecule has 2 aliphatic rings. The lowest BCUT2D eigenvalue weighted by Gasteiger charge is -2.27. The quantitative estimate of drug-likeness (QED) is 0.628. The highest BCUT2D eigenvalue weighted by atomic mass is 15.2. The summed E-state index contributed by atoms with van der Waals surface area (Å²) in [6.45, 7) is 19.6. The van der Waals surface area contributed by atoms with Gasteiger partial charge in [-0.1, -0.05) is 34.6 Å². The maximum absolute atomic E-state index is 2.79. The topological polar surface area (TPSA) is 6.48 Å². The van der Waals surface area contributed by atoms with Crippen LogP contribution in [0.1, 0.15) is 73.6 Å². The summed E-state index contributed by atoms with van der Waals surface area (Å²) < 4.78 is 0. The summed E-state index contributed by atoms with van der Waals surface area (Å²) in [5, 5.41) is 0. The Kier molecular flexibility index (Phi) is 7.41. The third-order valence-electron chi connectivity index (χ3n) is 6.18. The zero-order valence-corrected chi connectivity index (χ0v) is 16.7. The summed E-state index contributed by atoms with van der Waals surface area (Å²) >= 11 is 0. The van der Waals surface area contributed by atoms with Gasteiger partial charge in [0.1, 0.15) is 0 Å². The van der Waals surface area contributed by atoms with E-state index in [1.807, 2.05) is 0 Å². The highest BCUT2D eigenvalue weighted by Crippen LogP contribution is 2.33. The first kappa shape index (κ1) is 19.2. The molecule has 0 aromatic rings. The van der Waals surface area contributed by atoms with Gasteiger partial charge >= 0.3 is 0 Å². The molecule has 4 atom stereocenters. The normalized spacial score (nSPS) is 31.6. The Morgan fingerprint density at radius 3 is 2.17 bits per heavy atom. The van der Waals surface area contributed by atoms with Crippen LogP contribution in [0.4, 0.5) is 0 Å². The van der Waals surface area contributed by atoms with E-state index in [0.29, 0.717) is 0 Å². The maximum atomic E-state index is 2.79. The van der Waals surface area contributed by atoms with Crippen LogP contribution in [0.2, 0.25) is 0 Å². The van der Waals surface area contributed by atoms with E-state index in [1.54, 1.807) is 0 Å². The van der Waals surface area contributed by atoms with Gasteiger partial charge in [-0.25, -0.2) is 0 Å². The average molecular weight is 323 g/mol. The van der Waals surface area contributed by atoms with Crippen LogP contribution >= 0.6 is 0 Å². The molecule has 0 amide bonds. The van der Waals surface area contributed by atoms with Crippen molar-refractivity contribution in [3.8, 4) is 0 Å². The number of hydrogen-bond acceptors (Lipinski definition) is 2. The van der Waals surface area contributed by atoms with Gasteiger partial charge in [0.25, 0.3) is 0 Å². The van der Waals surface area contributed by atoms with E-state index < -0.39 is 0 Å². The van der Waals surface area contributed by atoms with Gasteiger partial charge in [-0.05, 0) is 75.8 Å². The summed E-state index contributed by atoms with van der Waals surface area (Å²) in [5.41, 5.74) is 0. The molecule has 0 aromatic carbocycles. The predicted molar refractivity (Wildman–Crippen MR) is 102 cm³/mol. The second-order valence-electron chi connectivity index (χ2n) is 9.34. The standard InChI is InChI=1S/C21H42N2/c1-7-22-15-20(13-21(22)11-17(4)5)12-18(6)23-9-8-19(14-23)10-16(2)3/h16-21H,7-15H2,1-6H3. The second-order valence-corrected chi connectivity index (χ2v) is 9.34. The molecule has 0 aromatic heterocycles. The highest BCUT2D eigenvalue weighted by molar-refractivity contribution is 4.88. The van der Waals surface area contributed by atoms with Crippen molar-refractivity contribution in [1.82, 2.24) is 9.80 Å². The fourth-order valence-electron chi connectivity index (χ4n) is 5.19. The van der Waals surface area contributed by atoms with E-state index in [0.717, 1.165) is 35.8 Å². The third kappa shape index (κ3) is 5.74. The summed E-state index contributed by atoms with van der Waals surface area (Å²) in [5.74, 6) is 3.58. The molecule has 0 radical (unpaired) electrons. The van der Waals surface area contributed by atoms with Crippen LogP contribution in [-0.2, 0) is 0 Å². The van der Waals surface area contributed by atoms with Gasteiger partial charge < -0.3 is 9.80 Å². The van der Waals surface area contributed by atoms with Crippen molar-refractivity contribution in [2.45, 2.75) is 85.7 Å². The molecule has 2 heteroatoms. The zero-order valence-electron chi connectivity index (χ0n) is 16.7. The molecule has 2 nitrogen and oxygen atoms in total. The van der Waals surface area contributed by atoms with E-state index in [2.05, 4.69) is 51.3 Å². The lowest BCUT2D eigenvalue weighted by molar-refractivity contribution is 0.206. The van der Waals surface area contributed by atoms with E-state index in [9.17, 15) is 0 Å². The van der Waals surface area contributed by atoms with Crippen LogP contribution in [0.5, 0.6) is 0 Å². The van der Waals surface area contributed by atoms with Crippen molar-refractivity contribution >= 4 is 0 Å². The van der Waals surface area contributed by atoms with Gasteiger partial charge in [-0.3, -0.25) is 0 Å². The average Bonchev–Trinajstić information content (AvgIpc) is 3.04. The van der Waals surface area contributed by atoms with E-state index >= 15 is 0 Å². The third-order valence-corrected chi connectivity index (χ3v) is 6.18. The molecule has 0 bridgehead atoms. The molecule has 2 rings (SSSR count). The van der Waals surface area contributed by atoms with Crippen molar-refractivity contribution in [3.05, 3.63) is 0 Å². The van der Waals surface area contributed by atoms with Crippen LogP contribution in [0.25, 0.3) is 0 Å². The SMILES string of the molecule is CCN1CC(CC(C)N2CCC(CC(C)C)C2)CC1CC(C)C. The van der Waals surface area contributed by atoms with Crippen molar-refractivity contribution in [3.63, 3.8) is 0 Å². The molecule has 2 heterocycles. The molecule has 2 saturated heterocycles. The molecule has 0 N–H and O–H groups in total. The molecular weight excluding hydrogens is 280 g/mol. The van der Waals surface area contributed by atoms with Crippen molar-refractivity contribution < 1.29 is 0 Å². The molecule has 2 aliphatic heterocycles. The molecule has 2 fully saturated rings. The number of rotatable bonds is 8. The fraction of sp³-hybridized carbons (Fsp3) is 1.00. The molecule has 4 unspecified atom stereocenters. The Bertz CT molecular complexity index is 339. The van der Waals surface area contributed by atoms with Crippen molar-refractivity contribution in [2.75, 3.05) is 26.2 Å². The van der Waals surface area contributed by atoms with E-state index in [4.69, 9.17) is 0 Å². The summed E-state index contributed by atoms with van der Waals surface area (Å²) in [6.07, 6.45) is 7.11. The lowest BCUT2D eigenvalue weighted by atomic mass is 9.93. The van der Waals surface area contributed by atoms with Crippen molar-refractivity contribution in [1.29, 1.82) is 0 Å². The monoisotopic (exact) mass is 322 g/mol. The minimum atomic E-state index is 0.786. The van der Waals surface area contributed by atoms with Crippen LogP contribution in [0.3, 0.4) is 0 Å². The molecule has 136 valence electrons. The van der Waals surface area contributed by atoms with Crippen LogP contribution in [-0.4, -0.2) is 48.1 Å². The molecule has 0 spiro atoms. The second kappa shape index (κ2) is 8.85.